The maximum atomic E-state index is 11.5. The summed E-state index contributed by atoms with van der Waals surface area (Å²) in [6.45, 7) is 2.58. The Balaban J connectivity index is 0. The van der Waals surface area contributed by atoms with Gasteiger partial charge in [0.05, 0.1) is 12.8 Å². The van der Waals surface area contributed by atoms with Crippen molar-refractivity contribution in [2.75, 3.05) is 13.2 Å². The predicted octanol–water partition coefficient (Wildman–Crippen LogP) is 2.61. The van der Waals surface area contributed by atoms with E-state index in [2.05, 4.69) is 11.7 Å². The Labute approximate surface area is 173 Å². The van der Waals surface area contributed by atoms with Crippen LogP contribution in [0.2, 0.25) is 0 Å². The number of ether oxygens (including phenoxy) is 2. The van der Waals surface area contributed by atoms with E-state index in [1.807, 2.05) is 0 Å². The van der Waals surface area contributed by atoms with Crippen LogP contribution in [0.15, 0.2) is 0 Å². The molecule has 0 aliphatic rings. The number of hydrogen-bond acceptors (Lipinski definition) is 6. The van der Waals surface area contributed by atoms with Gasteiger partial charge in [-0.1, -0.05) is 58.3 Å². The van der Waals surface area contributed by atoms with Crippen LogP contribution in [-0.4, -0.2) is 60.6 Å². The normalized spacial score (nSPS) is 10.0. The third-order valence-corrected chi connectivity index (χ3v) is 3.63. The summed E-state index contributed by atoms with van der Waals surface area (Å²) in [5.41, 5.74) is 5.19. The van der Waals surface area contributed by atoms with Gasteiger partial charge in [0, 0.05) is 13.0 Å². The van der Waals surface area contributed by atoms with Gasteiger partial charge in [-0.2, -0.15) is 0 Å². The summed E-state index contributed by atoms with van der Waals surface area (Å²) in [7, 11) is 0. The monoisotopic (exact) mass is 367 g/mol. The Morgan fingerprint density at radius 1 is 0.720 bits per heavy atom. The van der Waals surface area contributed by atoms with Gasteiger partial charge < -0.3 is 15.2 Å². The SMILES string of the molecule is CCCCCCCCCCCC(=O)OC(=O)CCC(=O)OCCN.[NaH]. The van der Waals surface area contributed by atoms with Crippen molar-refractivity contribution in [2.45, 2.75) is 84.0 Å². The fraction of sp³-hybridized carbons (Fsp3) is 0.833. The molecule has 2 N–H and O–H groups in total. The second-order valence-corrected chi connectivity index (χ2v) is 5.93. The van der Waals surface area contributed by atoms with Gasteiger partial charge in [-0.15, -0.1) is 0 Å². The van der Waals surface area contributed by atoms with Crippen LogP contribution in [0.4, 0.5) is 0 Å². The molecule has 0 saturated heterocycles. The molecule has 0 rings (SSSR count). The minimum absolute atomic E-state index is 0. The van der Waals surface area contributed by atoms with Crippen molar-refractivity contribution in [3.63, 3.8) is 0 Å². The number of nitrogens with two attached hydrogens (primary N) is 1. The quantitative estimate of drug-likeness (QED) is 0.207. The molecule has 142 valence electrons. The van der Waals surface area contributed by atoms with Gasteiger partial charge >= 0.3 is 47.5 Å². The van der Waals surface area contributed by atoms with Crippen LogP contribution >= 0.6 is 0 Å². The Hall–Kier alpha value is -0.430. The zero-order valence-electron chi connectivity index (χ0n) is 15.0. The van der Waals surface area contributed by atoms with Crippen molar-refractivity contribution in [2.24, 2.45) is 5.73 Å². The van der Waals surface area contributed by atoms with Gasteiger partial charge in [0.15, 0.2) is 0 Å². The first-order valence-electron chi connectivity index (χ1n) is 9.19. The predicted molar refractivity (Wildman–Crippen MR) is 99.3 cm³/mol. The van der Waals surface area contributed by atoms with Gasteiger partial charge in [0.2, 0.25) is 0 Å². The van der Waals surface area contributed by atoms with Crippen LogP contribution in [0.5, 0.6) is 0 Å². The first kappa shape index (κ1) is 26.8. The molecule has 0 saturated carbocycles. The first-order valence-corrected chi connectivity index (χ1v) is 9.19. The molecule has 0 aliphatic carbocycles. The number of carbonyl (C=O) groups is 3. The van der Waals surface area contributed by atoms with Crippen LogP contribution in [0.1, 0.15) is 84.0 Å². The molecule has 0 aromatic carbocycles. The zero-order valence-corrected chi connectivity index (χ0v) is 15.0. The maximum absolute atomic E-state index is 11.5. The molecule has 0 spiro atoms. The first-order chi connectivity index (χ1) is 11.6. The fourth-order valence-electron chi connectivity index (χ4n) is 2.26. The summed E-state index contributed by atoms with van der Waals surface area (Å²) in [6.07, 6.45) is 10.5. The van der Waals surface area contributed by atoms with E-state index >= 15 is 0 Å². The van der Waals surface area contributed by atoms with Gasteiger partial charge in [-0.3, -0.25) is 14.4 Å². The average molecular weight is 367 g/mol. The van der Waals surface area contributed by atoms with Crippen LogP contribution < -0.4 is 5.73 Å². The van der Waals surface area contributed by atoms with Crippen molar-refractivity contribution < 1.29 is 23.9 Å². The Kier molecular flexibility index (Phi) is 21.3. The van der Waals surface area contributed by atoms with Crippen molar-refractivity contribution in [3.05, 3.63) is 0 Å². The van der Waals surface area contributed by atoms with E-state index < -0.39 is 17.9 Å². The van der Waals surface area contributed by atoms with Gasteiger partial charge in [-0.05, 0) is 6.42 Å². The molecule has 0 fully saturated rings. The Bertz CT molecular complexity index is 363. The van der Waals surface area contributed by atoms with Gasteiger partial charge in [-0.25, -0.2) is 0 Å². The summed E-state index contributed by atoms with van der Waals surface area (Å²) < 4.78 is 9.39. The molecule has 0 unspecified atom stereocenters. The Morgan fingerprint density at radius 2 is 1.20 bits per heavy atom. The molecule has 0 radical (unpaired) electrons. The molecule has 0 amide bonds. The fourth-order valence-corrected chi connectivity index (χ4v) is 2.26. The molecular weight excluding hydrogens is 333 g/mol. The van der Waals surface area contributed by atoms with Crippen molar-refractivity contribution >= 4 is 47.5 Å². The van der Waals surface area contributed by atoms with Crippen LogP contribution in [0.25, 0.3) is 0 Å². The second-order valence-electron chi connectivity index (χ2n) is 5.93. The van der Waals surface area contributed by atoms with Crippen molar-refractivity contribution in [1.29, 1.82) is 0 Å². The minimum atomic E-state index is -0.680. The number of carbonyl (C=O) groups excluding carboxylic acids is 3. The third-order valence-electron chi connectivity index (χ3n) is 3.63. The van der Waals surface area contributed by atoms with E-state index in [-0.39, 0.29) is 62.0 Å². The summed E-state index contributed by atoms with van der Waals surface area (Å²) in [6, 6.07) is 0. The molecule has 0 atom stereocenters. The van der Waals surface area contributed by atoms with E-state index in [0.29, 0.717) is 0 Å². The number of rotatable bonds is 15. The van der Waals surface area contributed by atoms with E-state index in [1.54, 1.807) is 0 Å². The van der Waals surface area contributed by atoms with E-state index in [1.165, 1.54) is 38.5 Å². The summed E-state index contributed by atoms with van der Waals surface area (Å²) in [5.74, 6) is -1.71. The van der Waals surface area contributed by atoms with Crippen molar-refractivity contribution in [3.8, 4) is 0 Å². The number of hydrogen-bond donors (Lipinski definition) is 1. The number of esters is 3. The molecule has 7 heteroatoms. The molecule has 25 heavy (non-hydrogen) atoms. The topological polar surface area (TPSA) is 95.7 Å². The summed E-state index contributed by atoms with van der Waals surface area (Å²) in [4.78, 5) is 34.1. The molecule has 6 nitrogen and oxygen atoms in total. The third kappa shape index (κ3) is 19.7. The molecule has 0 aromatic heterocycles. The average Bonchev–Trinajstić information content (AvgIpc) is 2.56. The zero-order chi connectivity index (χ0) is 18.0. The van der Waals surface area contributed by atoms with E-state index in [9.17, 15) is 14.4 Å². The molecule has 0 aromatic rings. The second kappa shape index (κ2) is 19.9. The molecule has 0 bridgehead atoms. The summed E-state index contributed by atoms with van der Waals surface area (Å²) in [5, 5.41) is 0. The molecule has 0 aliphatic heterocycles. The van der Waals surface area contributed by atoms with Crippen LogP contribution in [-0.2, 0) is 23.9 Å². The van der Waals surface area contributed by atoms with Crippen molar-refractivity contribution in [1.82, 2.24) is 0 Å². The van der Waals surface area contributed by atoms with Gasteiger partial charge in [0.25, 0.3) is 0 Å². The summed E-state index contributed by atoms with van der Waals surface area (Å²) >= 11 is 0. The molecular formula is C18H34NNaO5. The van der Waals surface area contributed by atoms with Gasteiger partial charge in [0.1, 0.15) is 6.61 Å². The van der Waals surface area contributed by atoms with E-state index in [4.69, 9.17) is 10.5 Å². The number of unbranched alkanes of at least 4 members (excludes halogenated alkanes) is 8. The standard InChI is InChI=1S/C18H33NO5.Na.H/c1-2-3-4-5-6-7-8-9-10-11-17(21)24-18(22)13-12-16(20)23-15-14-19;;/h2-15,19H2,1H3;;. The van der Waals surface area contributed by atoms with Crippen LogP contribution in [0, 0.1) is 0 Å². The van der Waals surface area contributed by atoms with Crippen LogP contribution in [0.3, 0.4) is 0 Å². The van der Waals surface area contributed by atoms with E-state index in [0.717, 1.165) is 19.3 Å². The Morgan fingerprint density at radius 3 is 1.76 bits per heavy atom. The molecule has 0 heterocycles.